The van der Waals surface area contributed by atoms with Gasteiger partial charge in [-0.15, -0.1) is 11.6 Å². The molecule has 0 bridgehead atoms. The number of fused-ring (bicyclic) bond motifs is 4. The van der Waals surface area contributed by atoms with Crippen molar-refractivity contribution in [3.8, 4) is 22.4 Å². The molecule has 1 radical (unpaired) electrons. The van der Waals surface area contributed by atoms with E-state index in [-0.39, 0.29) is 37.5 Å². The molecule has 2 aromatic heterocycles. The summed E-state index contributed by atoms with van der Waals surface area (Å²) in [5.41, 5.74) is 5.69. The van der Waals surface area contributed by atoms with Crippen molar-refractivity contribution in [1.29, 1.82) is 0 Å². The van der Waals surface area contributed by atoms with E-state index in [0.717, 1.165) is 60.8 Å². The number of aromatic nitrogens is 1. The van der Waals surface area contributed by atoms with Crippen LogP contribution in [-0.4, -0.2) is 10.9 Å². The number of benzene rings is 4. The van der Waals surface area contributed by atoms with Gasteiger partial charge in [-0.3, -0.25) is 4.79 Å². The molecule has 0 saturated carbocycles. The first-order chi connectivity index (χ1) is 19.2. The molecule has 0 fully saturated rings. The number of carbonyl (C=O) groups excluding carboxylic acids is 1. The Labute approximate surface area is 252 Å². The third-order valence-electron chi connectivity index (χ3n) is 6.80. The SMILES string of the molecule is CC(=O)/C=C(/C)O.[CH2-]c1c(-c2c3ccc4c(F)cccc4c3cc[n+]2[CH2-])cc(-c2ccccc2)c2oc(C)cc12.[Ir]. The fraction of sp³-hybridized carbons (Fsp3) is 0.0857. The number of aliphatic hydroxyl groups is 1. The standard InChI is InChI=1S/C30H21FNO.C5H8O2.Ir/c1-18-16-26-19(2)25(17-27(30(26)33-18)20-8-5-4-6-9-20)29-24-13-12-23-21(10-7-11-28(23)31)22(24)14-15-32(29)3;1-4(6)3-5(2)7;/h4-17H,2-3H2,1H3;3,6H,1-2H3;/q-1;;/b;4-3-;. The maximum atomic E-state index is 14.5. The average Bonchev–Trinajstić information content (AvgIpc) is 3.31. The van der Waals surface area contributed by atoms with E-state index in [4.69, 9.17) is 9.52 Å². The molecule has 6 aromatic rings. The molecular weight excluding hydrogens is 694 g/mol. The van der Waals surface area contributed by atoms with E-state index >= 15 is 0 Å². The summed E-state index contributed by atoms with van der Waals surface area (Å²) < 4.78 is 22.4. The Morgan fingerprint density at radius 1 is 0.878 bits per heavy atom. The Hall–Kier alpha value is -4.38. The maximum Gasteiger partial charge on any atom is 0.155 e. The average molecular weight is 723 g/mol. The van der Waals surface area contributed by atoms with Gasteiger partial charge in [0, 0.05) is 38.6 Å². The summed E-state index contributed by atoms with van der Waals surface area (Å²) in [5, 5.41) is 12.8. The predicted molar refractivity (Wildman–Crippen MR) is 159 cm³/mol. The fourth-order valence-electron chi connectivity index (χ4n) is 5.14. The van der Waals surface area contributed by atoms with Crippen molar-refractivity contribution in [3.05, 3.63) is 128 Å². The number of pyridine rings is 1. The van der Waals surface area contributed by atoms with E-state index in [1.165, 1.54) is 26.0 Å². The largest absolute Gasteiger partial charge is 0.512 e. The van der Waals surface area contributed by atoms with E-state index in [1.54, 1.807) is 6.07 Å². The van der Waals surface area contributed by atoms with Crippen molar-refractivity contribution in [2.24, 2.45) is 0 Å². The first kappa shape index (κ1) is 29.6. The van der Waals surface area contributed by atoms with Gasteiger partial charge in [0.05, 0.1) is 29.0 Å². The maximum absolute atomic E-state index is 14.5. The summed E-state index contributed by atoms with van der Waals surface area (Å²) in [5.74, 6) is 0.556. The van der Waals surface area contributed by atoms with Crippen LogP contribution in [0.25, 0.3) is 54.9 Å². The number of furan rings is 1. The monoisotopic (exact) mass is 723 g/mol. The van der Waals surface area contributed by atoms with Gasteiger partial charge < -0.3 is 14.1 Å². The minimum Gasteiger partial charge on any atom is -0.512 e. The van der Waals surface area contributed by atoms with Gasteiger partial charge in [-0.2, -0.15) is 12.5 Å². The molecule has 6 rings (SSSR count). The third kappa shape index (κ3) is 5.76. The molecule has 0 spiro atoms. The van der Waals surface area contributed by atoms with Gasteiger partial charge in [-0.25, -0.2) is 4.39 Å². The Morgan fingerprint density at radius 3 is 2.22 bits per heavy atom. The number of nitrogens with zero attached hydrogens (tertiary/aromatic N) is 1. The summed E-state index contributed by atoms with van der Waals surface area (Å²) in [7, 11) is 4.26. The number of halogens is 1. The third-order valence-corrected chi connectivity index (χ3v) is 6.80. The molecule has 1 N–H and O–H groups in total. The normalized spacial score (nSPS) is 11.3. The van der Waals surface area contributed by atoms with Crippen molar-refractivity contribution in [3.63, 3.8) is 0 Å². The van der Waals surface area contributed by atoms with Crippen LogP contribution in [0.15, 0.2) is 101 Å². The van der Waals surface area contributed by atoms with Crippen LogP contribution < -0.4 is 4.57 Å². The minimum atomic E-state index is -0.221. The second kappa shape index (κ2) is 12.0. The van der Waals surface area contributed by atoms with Crippen molar-refractivity contribution in [1.82, 2.24) is 0 Å². The van der Waals surface area contributed by atoms with Crippen LogP contribution in [0.4, 0.5) is 4.39 Å². The topological polar surface area (TPSA) is 54.3 Å². The second-order valence-corrected chi connectivity index (χ2v) is 9.81. The van der Waals surface area contributed by atoms with Crippen molar-refractivity contribution >= 4 is 38.3 Å². The zero-order chi connectivity index (χ0) is 28.6. The van der Waals surface area contributed by atoms with Gasteiger partial charge in [0.25, 0.3) is 0 Å². The van der Waals surface area contributed by atoms with Crippen LogP contribution in [0.2, 0.25) is 0 Å². The number of aliphatic hydroxyl groups excluding tert-OH is 1. The summed E-state index contributed by atoms with van der Waals surface area (Å²) in [6.45, 7) is 9.24. The second-order valence-electron chi connectivity index (χ2n) is 9.81. The van der Waals surface area contributed by atoms with E-state index in [1.807, 2.05) is 66.2 Å². The van der Waals surface area contributed by atoms with E-state index in [9.17, 15) is 9.18 Å². The minimum absolute atomic E-state index is 0. The Balaban J connectivity index is 0.000000434. The van der Waals surface area contributed by atoms with Crippen LogP contribution in [-0.2, 0) is 24.9 Å². The number of rotatable bonds is 3. The Bertz CT molecular complexity index is 1940. The molecule has 0 amide bonds. The fourth-order valence-corrected chi connectivity index (χ4v) is 5.14. The molecule has 0 aliphatic carbocycles. The number of aryl methyl sites for hydroxylation is 1. The molecule has 41 heavy (non-hydrogen) atoms. The number of carbonyl (C=O) groups is 1. The summed E-state index contributed by atoms with van der Waals surface area (Å²) in [4.78, 5) is 10.0. The molecular formula is C35H29FIrNO3-. The van der Waals surface area contributed by atoms with Crippen molar-refractivity contribution in [2.75, 3.05) is 0 Å². The zero-order valence-electron chi connectivity index (χ0n) is 23.0. The molecule has 4 aromatic carbocycles. The van der Waals surface area contributed by atoms with Crippen LogP contribution in [0.5, 0.6) is 0 Å². The zero-order valence-corrected chi connectivity index (χ0v) is 25.4. The first-order valence-corrected chi connectivity index (χ1v) is 12.8. The summed E-state index contributed by atoms with van der Waals surface area (Å²) in [6.07, 6.45) is 3.09. The van der Waals surface area contributed by atoms with E-state index < -0.39 is 0 Å². The molecule has 2 heterocycles. The quantitative estimate of drug-likeness (QED) is 0.0655. The van der Waals surface area contributed by atoms with Crippen LogP contribution in [0, 0.1) is 26.7 Å². The van der Waals surface area contributed by atoms with Crippen molar-refractivity contribution < 1.29 is 43.4 Å². The van der Waals surface area contributed by atoms with Gasteiger partial charge >= 0.3 is 0 Å². The molecule has 0 atom stereocenters. The number of allylic oxidation sites excluding steroid dienone is 2. The number of ketones is 1. The van der Waals surface area contributed by atoms with Crippen molar-refractivity contribution in [2.45, 2.75) is 20.8 Å². The molecule has 209 valence electrons. The molecule has 6 heteroatoms. The Morgan fingerprint density at radius 2 is 1.56 bits per heavy atom. The van der Waals surface area contributed by atoms with Crippen LogP contribution in [0.3, 0.4) is 0 Å². The predicted octanol–water partition coefficient (Wildman–Crippen LogP) is 8.66. The first-order valence-electron chi connectivity index (χ1n) is 12.8. The van der Waals surface area contributed by atoms with Crippen LogP contribution in [0.1, 0.15) is 25.2 Å². The molecule has 0 unspecified atom stereocenters. The number of hydrogen-bond donors (Lipinski definition) is 1. The molecule has 4 nitrogen and oxygen atoms in total. The molecule has 0 aliphatic rings. The smallest absolute Gasteiger partial charge is 0.155 e. The van der Waals surface area contributed by atoms with E-state index in [2.05, 4.69) is 32.2 Å². The Kier molecular flexibility index (Phi) is 8.67. The van der Waals surface area contributed by atoms with E-state index in [0.29, 0.717) is 5.39 Å². The van der Waals surface area contributed by atoms with Gasteiger partial charge in [-0.05, 0) is 60.2 Å². The van der Waals surface area contributed by atoms with Gasteiger partial charge in [0.2, 0.25) is 0 Å². The van der Waals surface area contributed by atoms with Crippen LogP contribution >= 0.6 is 0 Å². The summed E-state index contributed by atoms with van der Waals surface area (Å²) in [6, 6.07) is 25.4. The summed E-state index contributed by atoms with van der Waals surface area (Å²) >= 11 is 0. The number of hydrogen-bond acceptors (Lipinski definition) is 3. The van der Waals surface area contributed by atoms with Gasteiger partial charge in [0.1, 0.15) is 5.82 Å². The molecule has 0 saturated heterocycles. The van der Waals surface area contributed by atoms with Gasteiger partial charge in [-0.1, -0.05) is 66.0 Å². The van der Waals surface area contributed by atoms with Gasteiger partial charge in [0.15, 0.2) is 5.78 Å². The molecule has 0 aliphatic heterocycles.